The Balaban J connectivity index is -0.000000173. The molecule has 0 aromatic carbocycles. The van der Waals surface area contributed by atoms with Gasteiger partial charge in [0, 0.05) is 0 Å². The molecule has 2 unspecified atom stereocenters. The molecule has 1 saturated heterocycles. The number of rotatable bonds is 1. The molecule has 1 saturated carbocycles. The molecule has 2 atom stereocenters. The van der Waals surface area contributed by atoms with Gasteiger partial charge in [-0.15, -0.1) is 0 Å². The second-order valence-corrected chi connectivity index (χ2v) is 5.88. The van der Waals surface area contributed by atoms with Crippen molar-refractivity contribution in [1.82, 2.24) is 0 Å². The van der Waals surface area contributed by atoms with Crippen molar-refractivity contribution in [3.8, 4) is 0 Å². The molecule has 0 amide bonds. The molecule has 1 aliphatic carbocycles. The first-order valence-corrected chi connectivity index (χ1v) is 6.95. The third-order valence-electron chi connectivity index (χ3n) is 3.15. The fourth-order valence-electron chi connectivity index (χ4n) is 2.30. The van der Waals surface area contributed by atoms with Crippen LogP contribution in [0.15, 0.2) is 0 Å². The van der Waals surface area contributed by atoms with E-state index < -0.39 is 0 Å². The summed E-state index contributed by atoms with van der Waals surface area (Å²) >= 11 is 3.06. The van der Waals surface area contributed by atoms with E-state index in [4.69, 9.17) is 32.7 Å². The van der Waals surface area contributed by atoms with E-state index in [1.165, 1.54) is 12.8 Å². The van der Waals surface area contributed by atoms with Crippen molar-refractivity contribution in [1.29, 1.82) is 0 Å². The minimum absolute atomic E-state index is 0.0407. The Morgan fingerprint density at radius 1 is 0.958 bits per heavy atom. The van der Waals surface area contributed by atoms with Gasteiger partial charge < -0.3 is 0 Å². The van der Waals surface area contributed by atoms with Crippen LogP contribution in [0, 0.1) is 38.7 Å². The molecule has 0 N–H and O–H groups in total. The fourth-order valence-corrected chi connectivity index (χ4v) is 2.95. The Bertz CT molecular complexity index is 407. The normalized spacial score (nSPS) is 22.4. The number of hydrogen-bond acceptors (Lipinski definition) is 2. The van der Waals surface area contributed by atoms with Crippen LogP contribution < -0.4 is 0 Å². The van der Waals surface area contributed by atoms with Gasteiger partial charge in [0.15, 0.2) is 0 Å². The molecule has 7 nitrogen and oxygen atoms in total. The fraction of sp³-hybridized carbons (Fsp3) is 0.625. The van der Waals surface area contributed by atoms with Gasteiger partial charge in [-0.25, -0.2) is 0 Å². The maximum absolute atomic E-state index is 7.50. The Hall–Kier alpha value is -0.978. The van der Waals surface area contributed by atoms with Crippen molar-refractivity contribution in [2.45, 2.75) is 51.7 Å². The molecule has 0 radical (unpaired) electrons. The number of ether oxygens (including phenoxy) is 2. The van der Waals surface area contributed by atoms with Crippen molar-refractivity contribution < 1.29 is 48.6 Å². The molecule has 1 aliphatic heterocycles. The summed E-state index contributed by atoms with van der Waals surface area (Å²) in [6.07, 6.45) is 3.87. The first kappa shape index (κ1) is 30.9. The molecular weight excluding hydrogens is 356 g/mol. The van der Waals surface area contributed by atoms with E-state index in [-0.39, 0.29) is 11.0 Å². The average molecular weight is 374 g/mol. The van der Waals surface area contributed by atoms with E-state index in [2.05, 4.69) is 69.9 Å². The summed E-state index contributed by atoms with van der Waals surface area (Å²) in [7, 11) is 0. The van der Waals surface area contributed by atoms with Crippen LogP contribution in [-0.4, -0.2) is 22.9 Å². The Morgan fingerprint density at radius 2 is 1.38 bits per heavy atom. The van der Waals surface area contributed by atoms with Crippen molar-refractivity contribution >= 4 is 4.57 Å². The van der Waals surface area contributed by atoms with E-state index in [0.29, 0.717) is 6.10 Å². The van der Waals surface area contributed by atoms with Gasteiger partial charge in [0.05, 0.1) is 0 Å². The zero-order valence-electron chi connectivity index (χ0n) is 13.7. The van der Waals surface area contributed by atoms with Crippen LogP contribution in [0.5, 0.6) is 0 Å². The summed E-state index contributed by atoms with van der Waals surface area (Å²) in [6.45, 7) is 29.7. The van der Waals surface area contributed by atoms with Crippen molar-refractivity contribution in [2.75, 3.05) is 6.61 Å². The Kier molecular flexibility index (Phi) is 23.6. The molecule has 1 heterocycles. The summed E-state index contributed by atoms with van der Waals surface area (Å²) in [5, 5.41) is 0. The van der Waals surface area contributed by atoms with Crippen LogP contribution in [-0.2, 0) is 48.6 Å². The first-order valence-electron chi connectivity index (χ1n) is 6.31. The Morgan fingerprint density at radius 3 is 1.58 bits per heavy atom. The molecule has 0 bridgehead atoms. The van der Waals surface area contributed by atoms with Gasteiger partial charge in [0.25, 0.3) is 0 Å². The molecule has 0 aromatic heterocycles. The van der Waals surface area contributed by atoms with Crippen LogP contribution in [0.2, 0.25) is 0 Å². The zero-order valence-corrected chi connectivity index (χ0v) is 14.9. The predicted molar refractivity (Wildman–Crippen MR) is 71.5 cm³/mol. The van der Waals surface area contributed by atoms with Gasteiger partial charge in [-0.05, 0) is 0 Å². The van der Waals surface area contributed by atoms with E-state index in [0.717, 1.165) is 17.6 Å². The topological polar surface area (TPSA) is 118 Å². The first-order chi connectivity index (χ1) is 11.4. The van der Waals surface area contributed by atoms with E-state index in [9.17, 15) is 0 Å². The van der Waals surface area contributed by atoms with Crippen LogP contribution in [0.4, 0.5) is 0 Å². The van der Waals surface area contributed by atoms with Gasteiger partial charge in [-0.1, -0.05) is 0 Å². The maximum atomic E-state index is 7.50. The van der Waals surface area contributed by atoms with Crippen LogP contribution in [0.25, 0.3) is 0 Å². The SMILES string of the molecule is CC(C)(C)OC1CCC12CCO[C]2=[Cr].[C-]#[O+].[C-]#[O+].[C-]#[O+].[C-]#[O+].[C-]#[O+]. The van der Waals surface area contributed by atoms with Gasteiger partial charge in [-0.3, -0.25) is 0 Å². The van der Waals surface area contributed by atoms with Crippen molar-refractivity contribution in [3.63, 3.8) is 0 Å². The Labute approximate surface area is 150 Å². The standard InChI is InChI=1S/C11H18O2.5CO.Cr/c1-10(2,3)13-9-4-5-11(9)6-7-12-8-11;5*1-2;/h9H,4-7H2,1-3H3;;;;;;. The summed E-state index contributed by atoms with van der Waals surface area (Å²) < 4.78 is 50.2. The van der Waals surface area contributed by atoms with Crippen molar-refractivity contribution in [3.05, 3.63) is 33.3 Å². The summed E-state index contributed by atoms with van der Waals surface area (Å²) in [5.41, 5.74) is 0.175. The van der Waals surface area contributed by atoms with Crippen molar-refractivity contribution in [2.24, 2.45) is 5.41 Å². The molecular formula is C16H18CrO7. The molecule has 2 aliphatic rings. The van der Waals surface area contributed by atoms with Crippen LogP contribution >= 0.6 is 0 Å². The van der Waals surface area contributed by atoms with E-state index in [1.807, 2.05) is 0 Å². The minimum atomic E-state index is -0.0407. The average Bonchev–Trinajstić information content (AvgIpc) is 3.04. The van der Waals surface area contributed by atoms with Gasteiger partial charge in [-0.2, -0.15) is 0 Å². The third-order valence-corrected chi connectivity index (χ3v) is 3.97. The second-order valence-electron chi connectivity index (χ2n) is 5.30. The molecule has 2 fully saturated rings. The molecule has 130 valence electrons. The predicted octanol–water partition coefficient (Wildman–Crippen LogP) is 1.86. The van der Waals surface area contributed by atoms with Crippen LogP contribution in [0.3, 0.4) is 0 Å². The van der Waals surface area contributed by atoms with Crippen LogP contribution in [0.1, 0.15) is 40.0 Å². The number of hydrogen-bond donors (Lipinski definition) is 0. The molecule has 8 heteroatoms. The van der Waals surface area contributed by atoms with E-state index >= 15 is 0 Å². The quantitative estimate of drug-likeness (QED) is 0.514. The summed E-state index contributed by atoms with van der Waals surface area (Å²) in [5.74, 6) is 0. The summed E-state index contributed by atoms with van der Waals surface area (Å²) in [6, 6.07) is 0. The monoisotopic (exact) mass is 374 g/mol. The van der Waals surface area contributed by atoms with Gasteiger partial charge in [0.2, 0.25) is 0 Å². The molecule has 1 spiro atoms. The second kappa shape index (κ2) is 18.4. The summed E-state index contributed by atoms with van der Waals surface area (Å²) in [4.78, 5) is 0. The molecule has 0 aromatic rings. The third kappa shape index (κ3) is 10.0. The van der Waals surface area contributed by atoms with Gasteiger partial charge in [0.1, 0.15) is 0 Å². The van der Waals surface area contributed by atoms with Gasteiger partial charge >= 0.3 is 150 Å². The van der Waals surface area contributed by atoms with E-state index in [1.54, 1.807) is 0 Å². The molecule has 2 rings (SSSR count). The molecule has 24 heavy (non-hydrogen) atoms. The zero-order chi connectivity index (χ0) is 20.4.